The van der Waals surface area contributed by atoms with Crippen LogP contribution in [0.25, 0.3) is 39.6 Å². The molecule has 0 radical (unpaired) electrons. The zero-order valence-corrected chi connectivity index (χ0v) is 18.0. The van der Waals surface area contributed by atoms with E-state index in [0.29, 0.717) is 0 Å². The fourth-order valence-corrected chi connectivity index (χ4v) is 3.31. The average Bonchev–Trinajstić information content (AvgIpc) is 2.86. The van der Waals surface area contributed by atoms with Crippen LogP contribution < -0.4 is 9.47 Å². The number of benzene rings is 3. The Morgan fingerprint density at radius 1 is 0.719 bits per heavy atom. The fourth-order valence-electron chi connectivity index (χ4n) is 3.31. The summed E-state index contributed by atoms with van der Waals surface area (Å²) in [6.07, 6.45) is 3.07. The molecule has 6 nitrogen and oxygen atoms in total. The van der Waals surface area contributed by atoms with Crippen molar-refractivity contribution >= 4 is 23.1 Å². The van der Waals surface area contributed by atoms with E-state index >= 15 is 0 Å². The molecule has 0 fully saturated rings. The number of nitrogens with zero attached hydrogens (tertiary/aromatic N) is 2. The van der Waals surface area contributed by atoms with Gasteiger partial charge in [0.15, 0.2) is 0 Å². The lowest BCUT2D eigenvalue weighted by molar-refractivity contribution is -0.134. The van der Waals surface area contributed by atoms with Crippen LogP contribution in [0.1, 0.15) is 5.56 Å². The topological polar surface area (TPSA) is 70.5 Å². The minimum absolute atomic E-state index is 0.412. The van der Waals surface area contributed by atoms with Gasteiger partial charge in [0.25, 0.3) is 0 Å². The second kappa shape index (κ2) is 9.31. The lowest BCUT2D eigenvalue weighted by Gasteiger charge is -2.12. The molecular formula is C26H22N2O4. The van der Waals surface area contributed by atoms with Gasteiger partial charge in [-0.25, -0.2) is 14.8 Å². The summed E-state index contributed by atoms with van der Waals surface area (Å²) in [5.74, 6) is 1.13. The highest BCUT2D eigenvalue weighted by molar-refractivity contribution is 5.90. The second-order valence-corrected chi connectivity index (χ2v) is 6.98. The number of carbonyl (C=O) groups excluding carboxylic acids is 1. The standard InChI is InChI=1S/C26H22N2O4/c1-30-20-10-6-18(7-11-20)25-26(19-8-12-21(31-2)13-9-19)28-23-16-17(4-14-22(23)27-25)5-15-24(29)32-3/h4-16H,1-3H3. The molecular weight excluding hydrogens is 404 g/mol. The number of fused-ring (bicyclic) bond motifs is 1. The molecule has 3 aromatic carbocycles. The van der Waals surface area contributed by atoms with Gasteiger partial charge in [-0.05, 0) is 72.3 Å². The van der Waals surface area contributed by atoms with Crippen molar-refractivity contribution < 1.29 is 19.0 Å². The molecule has 0 aliphatic rings. The van der Waals surface area contributed by atoms with Crippen LogP contribution in [0.4, 0.5) is 0 Å². The van der Waals surface area contributed by atoms with Crippen molar-refractivity contribution in [1.29, 1.82) is 0 Å². The van der Waals surface area contributed by atoms with Gasteiger partial charge in [0.1, 0.15) is 11.5 Å². The number of ether oxygens (including phenoxy) is 3. The summed E-state index contributed by atoms with van der Waals surface area (Å²) in [4.78, 5) is 21.3. The molecule has 160 valence electrons. The minimum atomic E-state index is -0.412. The van der Waals surface area contributed by atoms with Gasteiger partial charge in [0, 0.05) is 17.2 Å². The van der Waals surface area contributed by atoms with Gasteiger partial charge in [-0.15, -0.1) is 0 Å². The molecule has 0 saturated carbocycles. The molecule has 0 N–H and O–H groups in total. The van der Waals surface area contributed by atoms with Crippen molar-refractivity contribution in [3.63, 3.8) is 0 Å². The molecule has 0 saturated heterocycles. The quantitative estimate of drug-likeness (QED) is 0.313. The van der Waals surface area contributed by atoms with Crippen LogP contribution in [-0.2, 0) is 9.53 Å². The number of esters is 1. The Balaban J connectivity index is 1.87. The number of rotatable bonds is 6. The summed E-state index contributed by atoms with van der Waals surface area (Å²) >= 11 is 0. The lowest BCUT2D eigenvalue weighted by Crippen LogP contribution is -1.96. The van der Waals surface area contributed by atoms with E-state index in [9.17, 15) is 4.79 Å². The monoisotopic (exact) mass is 426 g/mol. The molecule has 0 amide bonds. The molecule has 0 atom stereocenters. The highest BCUT2D eigenvalue weighted by Gasteiger charge is 2.14. The first-order chi connectivity index (χ1) is 15.6. The zero-order valence-electron chi connectivity index (χ0n) is 18.0. The third-order valence-electron chi connectivity index (χ3n) is 5.03. The smallest absolute Gasteiger partial charge is 0.330 e. The molecule has 4 rings (SSSR count). The van der Waals surface area contributed by atoms with Gasteiger partial charge in [-0.3, -0.25) is 0 Å². The van der Waals surface area contributed by atoms with Crippen molar-refractivity contribution in [3.8, 4) is 34.0 Å². The summed E-state index contributed by atoms with van der Waals surface area (Å²) in [5.41, 5.74) is 5.67. The van der Waals surface area contributed by atoms with Crippen LogP contribution in [0.15, 0.2) is 72.8 Å². The third-order valence-corrected chi connectivity index (χ3v) is 5.03. The Kier molecular flexibility index (Phi) is 6.12. The van der Waals surface area contributed by atoms with E-state index in [4.69, 9.17) is 19.4 Å². The van der Waals surface area contributed by atoms with Gasteiger partial charge in [-0.1, -0.05) is 6.07 Å². The molecule has 1 heterocycles. The minimum Gasteiger partial charge on any atom is -0.497 e. The predicted molar refractivity (Wildman–Crippen MR) is 125 cm³/mol. The SMILES string of the molecule is COC(=O)C=Cc1ccc2nc(-c3ccc(OC)cc3)c(-c3ccc(OC)cc3)nc2c1. The fraction of sp³-hybridized carbons (Fsp3) is 0.115. The van der Waals surface area contributed by atoms with Crippen molar-refractivity contribution in [2.24, 2.45) is 0 Å². The zero-order chi connectivity index (χ0) is 22.5. The Labute approximate surface area is 186 Å². The van der Waals surface area contributed by atoms with E-state index in [-0.39, 0.29) is 0 Å². The number of carbonyl (C=O) groups is 1. The van der Waals surface area contributed by atoms with Crippen LogP contribution in [-0.4, -0.2) is 37.3 Å². The molecule has 4 aromatic rings. The maximum atomic E-state index is 11.4. The summed E-state index contributed by atoms with van der Waals surface area (Å²) in [5, 5.41) is 0. The summed E-state index contributed by atoms with van der Waals surface area (Å²) in [6, 6.07) is 21.1. The van der Waals surface area contributed by atoms with E-state index < -0.39 is 5.97 Å². The average molecular weight is 426 g/mol. The summed E-state index contributed by atoms with van der Waals surface area (Å²) in [6.45, 7) is 0. The highest BCUT2D eigenvalue weighted by Crippen LogP contribution is 2.33. The highest BCUT2D eigenvalue weighted by atomic mass is 16.5. The van der Waals surface area contributed by atoms with E-state index in [0.717, 1.165) is 50.6 Å². The number of hydrogen-bond donors (Lipinski definition) is 0. The van der Waals surface area contributed by atoms with Crippen molar-refractivity contribution in [3.05, 3.63) is 78.4 Å². The number of hydrogen-bond acceptors (Lipinski definition) is 6. The lowest BCUT2D eigenvalue weighted by atomic mass is 10.0. The number of methoxy groups -OCH3 is 3. The van der Waals surface area contributed by atoms with Crippen LogP contribution in [0.2, 0.25) is 0 Å². The van der Waals surface area contributed by atoms with Gasteiger partial charge < -0.3 is 14.2 Å². The first-order valence-electron chi connectivity index (χ1n) is 9.98. The molecule has 0 unspecified atom stereocenters. The maximum Gasteiger partial charge on any atom is 0.330 e. The Morgan fingerprint density at radius 2 is 1.25 bits per heavy atom. The summed E-state index contributed by atoms with van der Waals surface area (Å²) < 4.78 is 15.2. The van der Waals surface area contributed by atoms with E-state index in [1.807, 2.05) is 66.7 Å². The molecule has 0 bridgehead atoms. The van der Waals surface area contributed by atoms with Crippen LogP contribution in [0.5, 0.6) is 11.5 Å². The second-order valence-electron chi connectivity index (χ2n) is 6.98. The van der Waals surface area contributed by atoms with Crippen LogP contribution in [0, 0.1) is 0 Å². The largest absolute Gasteiger partial charge is 0.497 e. The summed E-state index contributed by atoms with van der Waals surface area (Å²) in [7, 11) is 4.62. The van der Waals surface area contributed by atoms with Gasteiger partial charge >= 0.3 is 5.97 Å². The molecule has 0 aliphatic heterocycles. The normalized spacial score (nSPS) is 11.0. The molecule has 6 heteroatoms. The van der Waals surface area contributed by atoms with Crippen LogP contribution in [0.3, 0.4) is 0 Å². The first kappa shape index (κ1) is 21.1. The molecule has 0 spiro atoms. The van der Waals surface area contributed by atoms with Crippen molar-refractivity contribution in [1.82, 2.24) is 9.97 Å². The van der Waals surface area contributed by atoms with E-state index in [2.05, 4.69) is 4.74 Å². The van der Waals surface area contributed by atoms with E-state index in [1.165, 1.54) is 13.2 Å². The van der Waals surface area contributed by atoms with E-state index in [1.54, 1.807) is 20.3 Å². The molecule has 1 aromatic heterocycles. The molecule has 32 heavy (non-hydrogen) atoms. The van der Waals surface area contributed by atoms with Gasteiger partial charge in [0.05, 0.1) is 43.8 Å². The van der Waals surface area contributed by atoms with Gasteiger partial charge in [0.2, 0.25) is 0 Å². The Bertz CT molecular complexity index is 1280. The third kappa shape index (κ3) is 4.44. The molecule has 0 aliphatic carbocycles. The Hall–Kier alpha value is -4.19. The van der Waals surface area contributed by atoms with Crippen molar-refractivity contribution in [2.45, 2.75) is 0 Å². The maximum absolute atomic E-state index is 11.4. The first-order valence-corrected chi connectivity index (χ1v) is 9.98. The number of aromatic nitrogens is 2. The Morgan fingerprint density at radius 3 is 1.75 bits per heavy atom. The van der Waals surface area contributed by atoms with Crippen molar-refractivity contribution in [2.75, 3.05) is 21.3 Å². The predicted octanol–water partition coefficient (Wildman–Crippen LogP) is 5.17. The van der Waals surface area contributed by atoms with Crippen LogP contribution >= 0.6 is 0 Å². The van der Waals surface area contributed by atoms with Gasteiger partial charge in [-0.2, -0.15) is 0 Å².